The summed E-state index contributed by atoms with van der Waals surface area (Å²) in [6.07, 6.45) is 1.74. The molecule has 1 N–H and O–H groups in total. The van der Waals surface area contributed by atoms with Crippen molar-refractivity contribution in [3.05, 3.63) is 106 Å². The van der Waals surface area contributed by atoms with E-state index in [1.807, 2.05) is 43.4 Å². The average Bonchev–Trinajstić information content (AvgIpc) is 3.32. The monoisotopic (exact) mass is 517 g/mol. The Bertz CT molecular complexity index is 1480. The van der Waals surface area contributed by atoms with Crippen molar-refractivity contribution >= 4 is 29.2 Å². The Morgan fingerprint density at radius 2 is 1.89 bits per heavy atom. The molecule has 1 aliphatic heterocycles. The molecular formula is C28H25ClFN5O2. The van der Waals surface area contributed by atoms with Crippen LogP contribution in [-0.4, -0.2) is 33.7 Å². The maximum absolute atomic E-state index is 14.5. The van der Waals surface area contributed by atoms with Crippen LogP contribution in [0.15, 0.2) is 72.9 Å². The highest BCUT2D eigenvalue weighted by Gasteiger charge is 2.30. The van der Waals surface area contributed by atoms with E-state index in [1.54, 1.807) is 41.0 Å². The molecule has 0 saturated heterocycles. The van der Waals surface area contributed by atoms with Gasteiger partial charge in [0.2, 0.25) is 0 Å². The molecule has 3 aromatic carbocycles. The highest BCUT2D eigenvalue weighted by Crippen LogP contribution is 2.32. The Labute approximate surface area is 219 Å². The third kappa shape index (κ3) is 4.93. The lowest BCUT2D eigenvalue weighted by Gasteiger charge is -2.35. The normalized spacial score (nSPS) is 13.0. The minimum Gasteiger partial charge on any atom is -0.348 e. The fourth-order valence-electron chi connectivity index (χ4n) is 4.50. The third-order valence-corrected chi connectivity index (χ3v) is 6.83. The van der Waals surface area contributed by atoms with E-state index >= 15 is 0 Å². The number of fused-ring (bicyclic) bond motifs is 1. The topological polar surface area (TPSA) is 70.5 Å². The highest BCUT2D eigenvalue weighted by molar-refractivity contribution is 6.31. The van der Waals surface area contributed by atoms with Gasteiger partial charge in [-0.25, -0.2) is 9.18 Å². The molecule has 4 aromatic rings. The number of rotatable bonds is 6. The Morgan fingerprint density at radius 1 is 1.08 bits per heavy atom. The van der Waals surface area contributed by atoms with Gasteiger partial charge in [-0.1, -0.05) is 41.9 Å². The number of nitrogens with zero attached hydrogens (tertiary/aromatic N) is 4. The summed E-state index contributed by atoms with van der Waals surface area (Å²) in [5.41, 5.74) is 4.98. The molecule has 1 aromatic heterocycles. The first-order valence-electron chi connectivity index (χ1n) is 11.8. The van der Waals surface area contributed by atoms with Crippen LogP contribution in [0, 0.1) is 5.82 Å². The lowest BCUT2D eigenvalue weighted by atomic mass is 10.0. The first-order valence-corrected chi connectivity index (χ1v) is 12.1. The summed E-state index contributed by atoms with van der Waals surface area (Å²) in [5.74, 6) is -0.763. The quantitative estimate of drug-likeness (QED) is 0.373. The number of hydrogen-bond donors (Lipinski definition) is 1. The van der Waals surface area contributed by atoms with Crippen molar-refractivity contribution in [2.24, 2.45) is 7.05 Å². The highest BCUT2D eigenvalue weighted by atomic mass is 35.5. The van der Waals surface area contributed by atoms with Crippen LogP contribution in [0.25, 0.3) is 11.3 Å². The molecule has 0 spiro atoms. The third-order valence-electron chi connectivity index (χ3n) is 6.48. The zero-order chi connectivity index (χ0) is 26.1. The van der Waals surface area contributed by atoms with Crippen LogP contribution in [0.3, 0.4) is 0 Å². The van der Waals surface area contributed by atoms with Gasteiger partial charge >= 0.3 is 6.03 Å². The van der Waals surface area contributed by atoms with Gasteiger partial charge in [0.05, 0.1) is 17.9 Å². The second-order valence-electron chi connectivity index (χ2n) is 8.99. The molecule has 188 valence electrons. The molecule has 37 heavy (non-hydrogen) atoms. The molecule has 5 rings (SSSR count). The van der Waals surface area contributed by atoms with Gasteiger partial charge < -0.3 is 10.2 Å². The van der Waals surface area contributed by atoms with E-state index < -0.39 is 5.82 Å². The van der Waals surface area contributed by atoms with Crippen LogP contribution >= 0.6 is 11.6 Å². The molecule has 3 amide bonds. The smallest absolute Gasteiger partial charge is 0.324 e. The summed E-state index contributed by atoms with van der Waals surface area (Å²) < 4.78 is 16.3. The molecule has 9 heteroatoms. The van der Waals surface area contributed by atoms with E-state index in [2.05, 4.69) is 10.4 Å². The lowest BCUT2D eigenvalue weighted by Crippen LogP contribution is -2.45. The van der Waals surface area contributed by atoms with E-state index in [0.717, 1.165) is 22.4 Å². The number of hydrogen-bond acceptors (Lipinski definition) is 3. The number of carbonyl (C=O) groups excluding carboxylic acids is 2. The molecule has 0 atom stereocenters. The molecule has 1 aliphatic rings. The predicted octanol–water partition coefficient (Wildman–Crippen LogP) is 5.38. The van der Waals surface area contributed by atoms with Crippen LogP contribution in [0.5, 0.6) is 0 Å². The van der Waals surface area contributed by atoms with Crippen molar-refractivity contribution in [1.29, 1.82) is 0 Å². The Kier molecular flexibility index (Phi) is 6.67. The standard InChI is InChI=1S/C28H25ClFN5O2/c1-33-16-21-10-9-20(14-26(21)35(28(33)37)17-22-23(29)7-4-8-24(22)30)27(36)31-15-18-5-3-6-19(13-18)25-11-12-32-34(25)2/h3-14H,15-17H2,1-2H3,(H,31,36). The minimum atomic E-state index is -0.489. The molecule has 0 unspecified atom stereocenters. The van der Waals surface area contributed by atoms with Crippen LogP contribution in [0.1, 0.15) is 27.0 Å². The van der Waals surface area contributed by atoms with Crippen molar-refractivity contribution in [3.63, 3.8) is 0 Å². The van der Waals surface area contributed by atoms with E-state index in [0.29, 0.717) is 24.3 Å². The van der Waals surface area contributed by atoms with E-state index in [1.165, 1.54) is 17.0 Å². The second-order valence-corrected chi connectivity index (χ2v) is 9.40. The first kappa shape index (κ1) is 24.5. The zero-order valence-corrected chi connectivity index (χ0v) is 21.2. The summed E-state index contributed by atoms with van der Waals surface area (Å²) >= 11 is 6.23. The maximum Gasteiger partial charge on any atom is 0.324 e. The predicted molar refractivity (Wildman–Crippen MR) is 141 cm³/mol. The second kappa shape index (κ2) is 10.1. The van der Waals surface area contributed by atoms with E-state index in [4.69, 9.17) is 11.6 Å². The molecule has 0 fully saturated rings. The minimum absolute atomic E-state index is 0.0481. The van der Waals surface area contributed by atoms with Crippen molar-refractivity contribution < 1.29 is 14.0 Å². The number of carbonyl (C=O) groups is 2. The number of urea groups is 1. The largest absolute Gasteiger partial charge is 0.348 e. The number of anilines is 1. The molecule has 0 aliphatic carbocycles. The zero-order valence-electron chi connectivity index (χ0n) is 20.4. The first-order chi connectivity index (χ1) is 17.8. The van der Waals surface area contributed by atoms with E-state index in [9.17, 15) is 14.0 Å². The number of amides is 3. The number of benzene rings is 3. The van der Waals surface area contributed by atoms with Gasteiger partial charge in [0.15, 0.2) is 0 Å². The van der Waals surface area contributed by atoms with Crippen molar-refractivity contribution in [3.8, 4) is 11.3 Å². The Balaban J connectivity index is 1.37. The fraction of sp³-hybridized carbons (Fsp3) is 0.179. The van der Waals surface area contributed by atoms with Crippen LogP contribution < -0.4 is 10.2 Å². The average molecular weight is 518 g/mol. The van der Waals surface area contributed by atoms with Gasteiger partial charge in [-0.3, -0.25) is 14.4 Å². The molecule has 0 saturated carbocycles. The summed E-state index contributed by atoms with van der Waals surface area (Å²) in [7, 11) is 3.56. The van der Waals surface area contributed by atoms with E-state index in [-0.39, 0.29) is 29.1 Å². The molecule has 0 radical (unpaired) electrons. The van der Waals surface area contributed by atoms with Gasteiger partial charge in [0, 0.05) is 55.1 Å². The van der Waals surface area contributed by atoms with Crippen molar-refractivity contribution in [1.82, 2.24) is 20.0 Å². The van der Waals surface area contributed by atoms with Crippen molar-refractivity contribution in [2.75, 3.05) is 11.9 Å². The van der Waals surface area contributed by atoms with Gasteiger partial charge in [-0.2, -0.15) is 5.10 Å². The Hall–Kier alpha value is -4.17. The SMILES string of the molecule is CN1Cc2ccc(C(=O)NCc3cccc(-c4ccnn4C)c3)cc2N(Cc2c(F)cccc2Cl)C1=O. The summed E-state index contributed by atoms with van der Waals surface area (Å²) in [4.78, 5) is 29.1. The summed E-state index contributed by atoms with van der Waals surface area (Å²) in [5, 5.41) is 7.41. The number of aromatic nitrogens is 2. The lowest BCUT2D eigenvalue weighted by molar-refractivity contribution is 0.0950. The van der Waals surface area contributed by atoms with Crippen LogP contribution in [0.2, 0.25) is 5.02 Å². The van der Waals surface area contributed by atoms with Crippen LogP contribution in [0.4, 0.5) is 14.9 Å². The Morgan fingerprint density at radius 3 is 2.65 bits per heavy atom. The summed E-state index contributed by atoms with van der Waals surface area (Å²) in [6, 6.07) is 19.2. The fourth-order valence-corrected chi connectivity index (χ4v) is 4.72. The molecular weight excluding hydrogens is 493 g/mol. The number of halogens is 2. The maximum atomic E-state index is 14.5. The van der Waals surface area contributed by atoms with Gasteiger partial charge in [-0.15, -0.1) is 0 Å². The van der Waals surface area contributed by atoms with Crippen LogP contribution in [-0.2, 0) is 26.7 Å². The molecule has 7 nitrogen and oxygen atoms in total. The van der Waals surface area contributed by atoms with Crippen molar-refractivity contribution in [2.45, 2.75) is 19.6 Å². The molecule has 2 heterocycles. The summed E-state index contributed by atoms with van der Waals surface area (Å²) in [6.45, 7) is 0.670. The van der Waals surface area contributed by atoms with Gasteiger partial charge in [0.25, 0.3) is 5.91 Å². The van der Waals surface area contributed by atoms with Gasteiger partial charge in [-0.05, 0) is 47.5 Å². The van der Waals surface area contributed by atoms with Gasteiger partial charge in [0.1, 0.15) is 5.82 Å². The number of nitrogens with one attached hydrogen (secondary N) is 1. The molecule has 0 bridgehead atoms. The number of aryl methyl sites for hydroxylation is 1.